The Morgan fingerprint density at radius 1 is 0.893 bits per heavy atom. The van der Waals surface area contributed by atoms with Crippen molar-refractivity contribution in [3.05, 3.63) is 88.4 Å². The predicted molar refractivity (Wildman–Crippen MR) is 114 cm³/mol. The number of fused-ring (bicyclic) bond motifs is 1. The molecule has 1 aromatic heterocycles. The number of benzene rings is 3. The van der Waals surface area contributed by atoms with Crippen LogP contribution in [-0.2, 0) is 0 Å². The van der Waals surface area contributed by atoms with Gasteiger partial charge >= 0.3 is 0 Å². The summed E-state index contributed by atoms with van der Waals surface area (Å²) < 4.78 is 0. The van der Waals surface area contributed by atoms with E-state index >= 15 is 0 Å². The summed E-state index contributed by atoms with van der Waals surface area (Å²) >= 11 is 6.31. The third kappa shape index (κ3) is 3.47. The molecule has 0 aliphatic heterocycles. The molecule has 0 aliphatic rings. The Labute approximate surface area is 168 Å². The van der Waals surface area contributed by atoms with Crippen molar-refractivity contribution in [3.63, 3.8) is 0 Å². The molecule has 1 heterocycles. The minimum absolute atomic E-state index is 0.271. The summed E-state index contributed by atoms with van der Waals surface area (Å²) in [7, 11) is 0. The van der Waals surface area contributed by atoms with E-state index in [0.717, 1.165) is 22.1 Å². The summed E-state index contributed by atoms with van der Waals surface area (Å²) in [5.74, 6) is -0.271. The van der Waals surface area contributed by atoms with Crippen LogP contribution in [0.3, 0.4) is 0 Å². The van der Waals surface area contributed by atoms with Crippen LogP contribution in [0, 0.1) is 13.8 Å². The van der Waals surface area contributed by atoms with Crippen molar-refractivity contribution < 1.29 is 4.79 Å². The minimum Gasteiger partial charge on any atom is -0.321 e. The standard InChI is InChI=1S/C23H18ClN3O/c1-14-7-10-16(11-8-14)22-21(17-5-3-4-6-19(17)26-27-22)23(28)25-20-12-9-15(2)13-18(20)24/h3-13H,1-2H3,(H,25,28). The molecular weight excluding hydrogens is 370 g/mol. The summed E-state index contributed by atoms with van der Waals surface area (Å²) in [5.41, 5.74) is 5.25. The van der Waals surface area contributed by atoms with Crippen LogP contribution in [-0.4, -0.2) is 16.1 Å². The van der Waals surface area contributed by atoms with Gasteiger partial charge in [-0.15, -0.1) is 10.2 Å². The van der Waals surface area contributed by atoms with E-state index in [1.54, 1.807) is 6.07 Å². The van der Waals surface area contributed by atoms with Gasteiger partial charge in [0.15, 0.2) is 0 Å². The van der Waals surface area contributed by atoms with Crippen LogP contribution in [0.25, 0.3) is 22.2 Å². The number of nitrogens with one attached hydrogen (secondary N) is 1. The molecule has 0 spiro atoms. The van der Waals surface area contributed by atoms with Crippen molar-refractivity contribution in [1.29, 1.82) is 0 Å². The van der Waals surface area contributed by atoms with E-state index < -0.39 is 0 Å². The molecule has 4 aromatic rings. The van der Waals surface area contributed by atoms with Crippen LogP contribution in [0.5, 0.6) is 0 Å². The largest absolute Gasteiger partial charge is 0.321 e. The average Bonchev–Trinajstić information content (AvgIpc) is 2.70. The molecule has 0 fully saturated rings. The smallest absolute Gasteiger partial charge is 0.258 e. The second-order valence-electron chi connectivity index (χ2n) is 6.74. The van der Waals surface area contributed by atoms with Gasteiger partial charge in [0, 0.05) is 10.9 Å². The second-order valence-corrected chi connectivity index (χ2v) is 7.15. The van der Waals surface area contributed by atoms with Gasteiger partial charge in [0.05, 0.1) is 21.8 Å². The van der Waals surface area contributed by atoms with Crippen LogP contribution >= 0.6 is 11.6 Å². The summed E-state index contributed by atoms with van der Waals surface area (Å²) in [5, 5.41) is 12.8. The summed E-state index contributed by atoms with van der Waals surface area (Å²) in [4.78, 5) is 13.3. The monoisotopic (exact) mass is 387 g/mol. The van der Waals surface area contributed by atoms with E-state index in [9.17, 15) is 4.79 Å². The van der Waals surface area contributed by atoms with Crippen molar-refractivity contribution >= 4 is 34.1 Å². The fourth-order valence-electron chi connectivity index (χ4n) is 3.10. The van der Waals surface area contributed by atoms with Crippen molar-refractivity contribution in [3.8, 4) is 11.3 Å². The van der Waals surface area contributed by atoms with Crippen molar-refractivity contribution in [2.75, 3.05) is 5.32 Å². The number of anilines is 1. The van der Waals surface area contributed by atoms with E-state index in [-0.39, 0.29) is 5.91 Å². The van der Waals surface area contributed by atoms with Crippen LogP contribution in [0.15, 0.2) is 66.7 Å². The number of amides is 1. The zero-order valence-electron chi connectivity index (χ0n) is 15.5. The zero-order valence-corrected chi connectivity index (χ0v) is 16.3. The maximum atomic E-state index is 13.3. The Balaban J connectivity index is 1.86. The highest BCUT2D eigenvalue weighted by Gasteiger charge is 2.20. The molecule has 0 atom stereocenters. The molecule has 3 aromatic carbocycles. The fourth-order valence-corrected chi connectivity index (χ4v) is 3.39. The molecular formula is C23H18ClN3O. The Bertz CT molecular complexity index is 1190. The molecule has 5 heteroatoms. The second kappa shape index (κ2) is 7.41. The maximum Gasteiger partial charge on any atom is 0.258 e. The van der Waals surface area contributed by atoms with Gasteiger partial charge in [-0.05, 0) is 37.6 Å². The van der Waals surface area contributed by atoms with Gasteiger partial charge in [-0.25, -0.2) is 0 Å². The Hall–Kier alpha value is -3.24. The number of aryl methyl sites for hydroxylation is 2. The lowest BCUT2D eigenvalue weighted by Crippen LogP contribution is -2.15. The molecule has 1 amide bonds. The van der Waals surface area contributed by atoms with Crippen LogP contribution < -0.4 is 5.32 Å². The van der Waals surface area contributed by atoms with E-state index in [1.807, 2.05) is 74.5 Å². The first-order valence-corrected chi connectivity index (χ1v) is 9.31. The quantitative estimate of drug-likeness (QED) is 0.482. The predicted octanol–water partition coefficient (Wildman–Crippen LogP) is 5.82. The molecule has 4 nitrogen and oxygen atoms in total. The van der Waals surface area contributed by atoms with Gasteiger partial charge in [0.2, 0.25) is 0 Å². The van der Waals surface area contributed by atoms with Gasteiger partial charge in [-0.3, -0.25) is 4.79 Å². The fraction of sp³-hybridized carbons (Fsp3) is 0.0870. The van der Waals surface area contributed by atoms with Crippen molar-refractivity contribution in [2.45, 2.75) is 13.8 Å². The van der Waals surface area contributed by atoms with Crippen molar-refractivity contribution in [1.82, 2.24) is 10.2 Å². The molecule has 0 saturated heterocycles. The molecule has 0 bridgehead atoms. The molecule has 0 saturated carbocycles. The van der Waals surface area contributed by atoms with Crippen LogP contribution in [0.4, 0.5) is 5.69 Å². The lowest BCUT2D eigenvalue weighted by Gasteiger charge is -2.13. The molecule has 1 N–H and O–H groups in total. The third-order valence-corrected chi connectivity index (χ3v) is 4.91. The summed E-state index contributed by atoms with van der Waals surface area (Å²) in [6.45, 7) is 3.97. The molecule has 0 radical (unpaired) electrons. The molecule has 0 aliphatic carbocycles. The zero-order chi connectivity index (χ0) is 19.7. The highest BCUT2D eigenvalue weighted by Crippen LogP contribution is 2.29. The SMILES string of the molecule is Cc1ccc(-c2nnc3ccccc3c2C(=O)Nc2ccc(C)cc2Cl)cc1. The van der Waals surface area contributed by atoms with Gasteiger partial charge in [0.1, 0.15) is 5.69 Å². The van der Waals surface area contributed by atoms with Crippen molar-refractivity contribution in [2.24, 2.45) is 0 Å². The Morgan fingerprint density at radius 2 is 1.61 bits per heavy atom. The van der Waals surface area contributed by atoms with Gasteiger partial charge in [-0.1, -0.05) is 65.7 Å². The number of halogens is 1. The molecule has 0 unspecified atom stereocenters. The minimum atomic E-state index is -0.271. The number of hydrogen-bond acceptors (Lipinski definition) is 3. The topological polar surface area (TPSA) is 54.9 Å². The highest BCUT2D eigenvalue weighted by atomic mass is 35.5. The summed E-state index contributed by atoms with van der Waals surface area (Å²) in [6.07, 6.45) is 0. The third-order valence-electron chi connectivity index (χ3n) is 4.59. The average molecular weight is 388 g/mol. The summed E-state index contributed by atoms with van der Waals surface area (Å²) in [6, 6.07) is 20.9. The molecule has 138 valence electrons. The molecule has 4 rings (SSSR count). The number of hydrogen-bond donors (Lipinski definition) is 1. The van der Waals surface area contributed by atoms with E-state index in [1.165, 1.54) is 0 Å². The number of carbonyl (C=O) groups excluding carboxylic acids is 1. The molecule has 28 heavy (non-hydrogen) atoms. The number of carbonyl (C=O) groups is 1. The Morgan fingerprint density at radius 3 is 2.36 bits per heavy atom. The lowest BCUT2D eigenvalue weighted by molar-refractivity contribution is 0.102. The number of rotatable bonds is 3. The first-order valence-electron chi connectivity index (χ1n) is 8.93. The van der Waals surface area contributed by atoms with Gasteiger partial charge < -0.3 is 5.32 Å². The maximum absolute atomic E-state index is 13.3. The van der Waals surface area contributed by atoms with Crippen LogP contribution in [0.1, 0.15) is 21.5 Å². The van der Waals surface area contributed by atoms with E-state index in [0.29, 0.717) is 27.5 Å². The van der Waals surface area contributed by atoms with Gasteiger partial charge in [0.25, 0.3) is 5.91 Å². The van der Waals surface area contributed by atoms with Gasteiger partial charge in [-0.2, -0.15) is 0 Å². The highest BCUT2D eigenvalue weighted by molar-refractivity contribution is 6.34. The van der Waals surface area contributed by atoms with E-state index in [4.69, 9.17) is 11.6 Å². The first kappa shape index (κ1) is 18.1. The van der Waals surface area contributed by atoms with Crippen LogP contribution in [0.2, 0.25) is 5.02 Å². The number of nitrogens with zero attached hydrogens (tertiary/aromatic N) is 2. The normalized spacial score (nSPS) is 10.8. The first-order chi connectivity index (χ1) is 13.5. The lowest BCUT2D eigenvalue weighted by atomic mass is 10.0. The van der Waals surface area contributed by atoms with E-state index in [2.05, 4.69) is 15.5 Å². The number of aromatic nitrogens is 2. The Kier molecular flexibility index (Phi) is 4.80.